The molecule has 0 aromatic rings. The summed E-state index contributed by atoms with van der Waals surface area (Å²) in [6.45, 7) is -0.0206. The van der Waals surface area contributed by atoms with Crippen molar-refractivity contribution in [3.63, 3.8) is 0 Å². The van der Waals surface area contributed by atoms with Gasteiger partial charge in [0, 0.05) is 5.41 Å². The lowest BCUT2D eigenvalue weighted by atomic mass is 10.6. The number of nitrogens with one attached hydrogen (secondary N) is 1. The molecule has 0 atom stereocenters. The van der Waals surface area contributed by atoms with E-state index >= 15 is 0 Å². The van der Waals surface area contributed by atoms with Crippen LogP contribution in [-0.4, -0.2) is 17.6 Å². The largest absolute Gasteiger partial charge is 0.480 e. The summed E-state index contributed by atoms with van der Waals surface area (Å²) in [4.78, 5) is 10.1. The highest BCUT2D eigenvalue weighted by Crippen LogP contribution is 2.25. The maximum absolute atomic E-state index is 10.1. The zero-order chi connectivity index (χ0) is 8.10. The molecule has 1 rings (SSSR count). The first-order chi connectivity index (χ1) is 5.29. The van der Waals surface area contributed by atoms with Crippen LogP contribution in [0.2, 0.25) is 0 Å². The topological polar surface area (TPSA) is 49.3 Å². The Morgan fingerprint density at radius 2 is 2.45 bits per heavy atom. The second kappa shape index (κ2) is 4.35. The van der Waals surface area contributed by atoms with Gasteiger partial charge in [-0.1, -0.05) is 11.8 Å². The third-order valence-corrected chi connectivity index (χ3v) is 2.69. The molecular weight excluding hydrogens is 182 g/mol. The average molecular weight is 189 g/mol. The summed E-state index contributed by atoms with van der Waals surface area (Å²) in [6, 6.07) is 0. The Morgan fingerprint density at radius 3 is 3.00 bits per heavy atom. The SMILES string of the molecule is O=C(O)CNC1=CSC=CS1. The predicted octanol–water partition coefficient (Wildman–Crippen LogP) is 1.41. The number of carboxylic acid groups (broad SMARTS) is 1. The molecule has 11 heavy (non-hydrogen) atoms. The Morgan fingerprint density at radius 1 is 1.64 bits per heavy atom. The van der Waals surface area contributed by atoms with Crippen LogP contribution in [0.1, 0.15) is 0 Å². The van der Waals surface area contributed by atoms with Crippen molar-refractivity contribution in [1.29, 1.82) is 0 Å². The van der Waals surface area contributed by atoms with Crippen LogP contribution in [-0.2, 0) is 4.79 Å². The van der Waals surface area contributed by atoms with E-state index in [2.05, 4.69) is 5.32 Å². The summed E-state index contributed by atoms with van der Waals surface area (Å²) >= 11 is 3.03. The first-order valence-electron chi connectivity index (χ1n) is 2.92. The first-order valence-corrected chi connectivity index (χ1v) is 4.74. The van der Waals surface area contributed by atoms with E-state index in [-0.39, 0.29) is 6.54 Å². The second-order valence-corrected chi connectivity index (χ2v) is 3.48. The second-order valence-electron chi connectivity index (χ2n) is 1.76. The Balaban J connectivity index is 2.26. The van der Waals surface area contributed by atoms with Gasteiger partial charge in [-0.3, -0.25) is 4.79 Å². The van der Waals surface area contributed by atoms with E-state index in [0.29, 0.717) is 0 Å². The molecule has 5 heteroatoms. The monoisotopic (exact) mass is 189 g/mol. The molecule has 2 N–H and O–H groups in total. The zero-order valence-corrected chi connectivity index (χ0v) is 7.24. The maximum atomic E-state index is 10.1. The molecule has 0 aromatic carbocycles. The standard InChI is InChI=1S/C6H7NO2S2/c8-6(9)3-7-5-4-10-1-2-11-5/h1-2,4,7H,3H2,(H,8,9). The number of rotatable bonds is 3. The number of hydrogen-bond donors (Lipinski definition) is 2. The van der Waals surface area contributed by atoms with E-state index in [4.69, 9.17) is 5.11 Å². The van der Waals surface area contributed by atoms with Gasteiger partial charge in [0.05, 0.1) is 5.03 Å². The maximum Gasteiger partial charge on any atom is 0.322 e. The Hall–Kier alpha value is -0.550. The van der Waals surface area contributed by atoms with Crippen molar-refractivity contribution in [2.24, 2.45) is 0 Å². The van der Waals surface area contributed by atoms with Crippen LogP contribution in [0.4, 0.5) is 0 Å². The van der Waals surface area contributed by atoms with Crippen LogP contribution < -0.4 is 5.32 Å². The summed E-state index contributed by atoms with van der Waals surface area (Å²) in [5, 5.41) is 17.7. The van der Waals surface area contributed by atoms with Gasteiger partial charge in [0.2, 0.25) is 0 Å². The summed E-state index contributed by atoms with van der Waals surface area (Å²) in [5.74, 6) is -0.842. The first kappa shape index (κ1) is 8.55. The molecule has 3 nitrogen and oxygen atoms in total. The van der Waals surface area contributed by atoms with Gasteiger partial charge in [-0.05, 0) is 10.8 Å². The number of thioether (sulfide) groups is 2. The highest BCUT2D eigenvalue weighted by atomic mass is 32.2. The number of carbonyl (C=O) groups is 1. The molecule has 0 saturated carbocycles. The quantitative estimate of drug-likeness (QED) is 0.703. The van der Waals surface area contributed by atoms with E-state index in [1.54, 1.807) is 0 Å². The lowest BCUT2D eigenvalue weighted by Crippen LogP contribution is -2.20. The molecule has 0 radical (unpaired) electrons. The minimum atomic E-state index is -0.842. The third kappa shape index (κ3) is 3.38. The summed E-state index contributed by atoms with van der Waals surface area (Å²) in [5.41, 5.74) is 0. The molecule has 0 saturated heterocycles. The molecule has 1 aliphatic heterocycles. The summed E-state index contributed by atoms with van der Waals surface area (Å²) < 4.78 is 0. The van der Waals surface area contributed by atoms with Gasteiger partial charge in [0.1, 0.15) is 6.54 Å². The lowest BCUT2D eigenvalue weighted by Gasteiger charge is -2.07. The fraction of sp³-hybridized carbons (Fsp3) is 0.167. The van der Waals surface area contributed by atoms with Crippen LogP contribution in [0.15, 0.2) is 21.3 Å². The van der Waals surface area contributed by atoms with Crippen molar-refractivity contribution in [3.8, 4) is 0 Å². The Kier molecular flexibility index (Phi) is 3.38. The molecule has 0 aromatic heterocycles. The van der Waals surface area contributed by atoms with Crippen molar-refractivity contribution >= 4 is 29.5 Å². The van der Waals surface area contributed by atoms with Crippen LogP contribution in [0, 0.1) is 0 Å². The van der Waals surface area contributed by atoms with E-state index in [1.807, 2.05) is 16.2 Å². The minimum Gasteiger partial charge on any atom is -0.480 e. The van der Waals surface area contributed by atoms with E-state index in [9.17, 15) is 4.79 Å². The molecule has 1 heterocycles. The predicted molar refractivity (Wildman–Crippen MR) is 48.0 cm³/mol. The fourth-order valence-electron chi connectivity index (χ4n) is 0.508. The molecule has 0 unspecified atom stereocenters. The van der Waals surface area contributed by atoms with Gasteiger partial charge in [-0.2, -0.15) is 0 Å². The zero-order valence-electron chi connectivity index (χ0n) is 5.61. The Bertz CT molecular complexity index is 213. The van der Waals surface area contributed by atoms with Crippen molar-refractivity contribution in [2.75, 3.05) is 6.54 Å². The van der Waals surface area contributed by atoms with Crippen molar-refractivity contribution in [2.45, 2.75) is 0 Å². The molecule has 0 aliphatic carbocycles. The van der Waals surface area contributed by atoms with Gasteiger partial charge in [-0.15, -0.1) is 11.8 Å². The highest BCUT2D eigenvalue weighted by molar-refractivity contribution is 8.11. The van der Waals surface area contributed by atoms with Crippen LogP contribution in [0.25, 0.3) is 0 Å². The third-order valence-electron chi connectivity index (χ3n) is 0.918. The van der Waals surface area contributed by atoms with E-state index in [0.717, 1.165) is 5.03 Å². The Labute approximate surface area is 72.9 Å². The van der Waals surface area contributed by atoms with Gasteiger partial charge in [0.25, 0.3) is 0 Å². The fourth-order valence-corrected chi connectivity index (χ4v) is 1.96. The normalized spacial score (nSPS) is 15.8. The van der Waals surface area contributed by atoms with Crippen molar-refractivity contribution < 1.29 is 9.90 Å². The van der Waals surface area contributed by atoms with Gasteiger partial charge < -0.3 is 10.4 Å². The number of carboxylic acids is 1. The van der Waals surface area contributed by atoms with Crippen LogP contribution in [0.5, 0.6) is 0 Å². The highest BCUT2D eigenvalue weighted by Gasteiger charge is 2.01. The summed E-state index contributed by atoms with van der Waals surface area (Å²) in [7, 11) is 0. The molecular formula is C6H7NO2S2. The average Bonchev–Trinajstić information content (AvgIpc) is 2.03. The number of hydrogen-bond acceptors (Lipinski definition) is 4. The van der Waals surface area contributed by atoms with Crippen molar-refractivity contribution in [3.05, 3.63) is 21.3 Å². The molecule has 0 spiro atoms. The molecule has 0 fully saturated rings. The van der Waals surface area contributed by atoms with Gasteiger partial charge in [-0.25, -0.2) is 0 Å². The van der Waals surface area contributed by atoms with Gasteiger partial charge >= 0.3 is 5.97 Å². The van der Waals surface area contributed by atoms with E-state index in [1.165, 1.54) is 23.5 Å². The summed E-state index contributed by atoms with van der Waals surface area (Å²) in [6.07, 6.45) is 0. The molecule has 1 aliphatic rings. The minimum absolute atomic E-state index is 0.0206. The van der Waals surface area contributed by atoms with Crippen LogP contribution >= 0.6 is 23.5 Å². The number of aliphatic carboxylic acids is 1. The van der Waals surface area contributed by atoms with Gasteiger partial charge in [0.15, 0.2) is 0 Å². The van der Waals surface area contributed by atoms with E-state index < -0.39 is 5.97 Å². The smallest absolute Gasteiger partial charge is 0.322 e. The van der Waals surface area contributed by atoms with Crippen LogP contribution in [0.3, 0.4) is 0 Å². The lowest BCUT2D eigenvalue weighted by molar-refractivity contribution is -0.135. The molecule has 0 amide bonds. The molecule has 60 valence electrons. The molecule has 0 bridgehead atoms. The van der Waals surface area contributed by atoms with Crippen molar-refractivity contribution in [1.82, 2.24) is 5.32 Å².